The van der Waals surface area contributed by atoms with Crippen molar-refractivity contribution >= 4 is 0 Å². The molecule has 2 rings (SSSR count). The molecule has 0 saturated carbocycles. The van der Waals surface area contributed by atoms with Crippen molar-refractivity contribution in [1.29, 1.82) is 0 Å². The fourth-order valence-corrected chi connectivity index (χ4v) is 2.56. The van der Waals surface area contributed by atoms with E-state index in [1.165, 1.54) is 0 Å². The second kappa shape index (κ2) is 5.70. The summed E-state index contributed by atoms with van der Waals surface area (Å²) in [5, 5.41) is 3.32. The standard InChI is InChI=1S/C17H24N2O/c1-11(2)10-14-16(12(3)4)18-19(17(14)20)15-9-7-6-8-13(15)5/h6-9,11-12,18H,10H2,1-5H3. The second-order valence-electron chi connectivity index (χ2n) is 6.18. The number of aromatic nitrogens is 2. The lowest BCUT2D eigenvalue weighted by Gasteiger charge is -2.07. The van der Waals surface area contributed by atoms with E-state index in [4.69, 9.17) is 0 Å². The molecule has 2 aromatic rings. The predicted molar refractivity (Wildman–Crippen MR) is 83.8 cm³/mol. The van der Waals surface area contributed by atoms with E-state index in [0.717, 1.165) is 28.9 Å². The van der Waals surface area contributed by atoms with Crippen LogP contribution in [0.15, 0.2) is 29.1 Å². The van der Waals surface area contributed by atoms with Crippen LogP contribution >= 0.6 is 0 Å². The van der Waals surface area contributed by atoms with Crippen molar-refractivity contribution in [1.82, 2.24) is 9.78 Å². The Morgan fingerprint density at radius 3 is 2.35 bits per heavy atom. The van der Waals surface area contributed by atoms with Crippen LogP contribution in [-0.4, -0.2) is 9.78 Å². The molecule has 0 aliphatic carbocycles. The van der Waals surface area contributed by atoms with Crippen molar-refractivity contribution in [3.05, 3.63) is 51.4 Å². The van der Waals surface area contributed by atoms with Gasteiger partial charge in [0.25, 0.3) is 5.56 Å². The number of nitrogens with one attached hydrogen (secondary N) is 1. The van der Waals surface area contributed by atoms with Gasteiger partial charge in [0.2, 0.25) is 0 Å². The van der Waals surface area contributed by atoms with Crippen molar-refractivity contribution in [3.8, 4) is 5.69 Å². The Kier molecular flexibility index (Phi) is 4.17. The number of benzene rings is 1. The molecule has 20 heavy (non-hydrogen) atoms. The van der Waals surface area contributed by atoms with Gasteiger partial charge in [-0.25, -0.2) is 4.68 Å². The highest BCUT2D eigenvalue weighted by atomic mass is 16.1. The summed E-state index contributed by atoms with van der Waals surface area (Å²) in [5.41, 5.74) is 4.12. The van der Waals surface area contributed by atoms with Gasteiger partial charge in [-0.05, 0) is 36.8 Å². The fraction of sp³-hybridized carbons (Fsp3) is 0.471. The van der Waals surface area contributed by atoms with E-state index < -0.39 is 0 Å². The fourth-order valence-electron chi connectivity index (χ4n) is 2.56. The van der Waals surface area contributed by atoms with Gasteiger partial charge in [-0.1, -0.05) is 45.9 Å². The van der Waals surface area contributed by atoms with Crippen LogP contribution in [0.2, 0.25) is 0 Å². The molecule has 0 unspecified atom stereocenters. The maximum absolute atomic E-state index is 12.7. The SMILES string of the molecule is Cc1ccccc1-n1[nH]c(C(C)C)c(CC(C)C)c1=O. The lowest BCUT2D eigenvalue weighted by Crippen LogP contribution is -2.19. The maximum atomic E-state index is 12.7. The minimum Gasteiger partial charge on any atom is -0.294 e. The molecule has 0 aliphatic heterocycles. The first-order valence-corrected chi connectivity index (χ1v) is 7.31. The summed E-state index contributed by atoms with van der Waals surface area (Å²) in [7, 11) is 0. The zero-order valence-corrected chi connectivity index (χ0v) is 13.0. The summed E-state index contributed by atoms with van der Waals surface area (Å²) in [6.45, 7) is 10.6. The van der Waals surface area contributed by atoms with Crippen molar-refractivity contribution in [2.24, 2.45) is 5.92 Å². The van der Waals surface area contributed by atoms with Crippen molar-refractivity contribution in [3.63, 3.8) is 0 Å². The maximum Gasteiger partial charge on any atom is 0.274 e. The van der Waals surface area contributed by atoms with Crippen molar-refractivity contribution in [2.75, 3.05) is 0 Å². The van der Waals surface area contributed by atoms with Gasteiger partial charge in [0.05, 0.1) is 5.69 Å². The molecule has 0 fully saturated rings. The van der Waals surface area contributed by atoms with Gasteiger partial charge in [-0.3, -0.25) is 9.89 Å². The highest BCUT2D eigenvalue weighted by molar-refractivity contribution is 5.40. The zero-order valence-electron chi connectivity index (χ0n) is 13.0. The third kappa shape index (κ3) is 2.72. The molecule has 0 saturated heterocycles. The average Bonchev–Trinajstić information content (AvgIpc) is 2.68. The number of para-hydroxylation sites is 1. The molecule has 3 heteroatoms. The molecule has 0 aliphatic rings. The Morgan fingerprint density at radius 1 is 1.15 bits per heavy atom. The molecule has 0 amide bonds. The Hall–Kier alpha value is -1.77. The van der Waals surface area contributed by atoms with E-state index in [2.05, 4.69) is 32.8 Å². The van der Waals surface area contributed by atoms with Crippen LogP contribution in [0.3, 0.4) is 0 Å². The van der Waals surface area contributed by atoms with Crippen LogP contribution in [0.5, 0.6) is 0 Å². The Labute approximate surface area is 120 Å². The molecule has 0 spiro atoms. The smallest absolute Gasteiger partial charge is 0.274 e. The number of nitrogens with zero attached hydrogens (tertiary/aromatic N) is 1. The summed E-state index contributed by atoms with van der Waals surface area (Å²) < 4.78 is 1.70. The topological polar surface area (TPSA) is 37.8 Å². The molecular weight excluding hydrogens is 248 g/mol. The van der Waals surface area contributed by atoms with E-state index in [1.807, 2.05) is 31.2 Å². The van der Waals surface area contributed by atoms with Crippen LogP contribution in [-0.2, 0) is 6.42 Å². The highest BCUT2D eigenvalue weighted by Gasteiger charge is 2.18. The monoisotopic (exact) mass is 272 g/mol. The number of aromatic amines is 1. The van der Waals surface area contributed by atoms with E-state index in [9.17, 15) is 4.79 Å². The van der Waals surface area contributed by atoms with Crippen LogP contribution in [0.1, 0.15) is 50.4 Å². The molecule has 0 radical (unpaired) electrons. The minimum atomic E-state index is 0.0942. The Bertz CT molecular complexity index is 647. The second-order valence-corrected chi connectivity index (χ2v) is 6.18. The van der Waals surface area contributed by atoms with Crippen molar-refractivity contribution < 1.29 is 0 Å². The van der Waals surface area contributed by atoms with Gasteiger partial charge in [0, 0.05) is 11.3 Å². The molecule has 1 aromatic heterocycles. The molecular formula is C17H24N2O. The van der Waals surface area contributed by atoms with E-state index >= 15 is 0 Å². The van der Waals surface area contributed by atoms with Crippen LogP contribution < -0.4 is 5.56 Å². The third-order valence-corrected chi connectivity index (χ3v) is 3.56. The predicted octanol–water partition coefficient (Wildman–Crippen LogP) is 3.80. The number of H-pyrrole nitrogens is 1. The van der Waals surface area contributed by atoms with Crippen molar-refractivity contribution in [2.45, 2.75) is 47.0 Å². The summed E-state index contributed by atoms with van der Waals surface area (Å²) in [6.07, 6.45) is 0.821. The van der Waals surface area contributed by atoms with Gasteiger partial charge < -0.3 is 0 Å². The minimum absolute atomic E-state index is 0.0942. The number of hydrogen-bond donors (Lipinski definition) is 1. The first-order valence-electron chi connectivity index (χ1n) is 7.31. The zero-order chi connectivity index (χ0) is 14.9. The lowest BCUT2D eigenvalue weighted by atomic mass is 9.98. The molecule has 0 atom stereocenters. The molecule has 3 nitrogen and oxygen atoms in total. The van der Waals surface area contributed by atoms with Crippen LogP contribution in [0, 0.1) is 12.8 Å². The summed E-state index contributed by atoms with van der Waals surface area (Å²) in [5.74, 6) is 0.794. The van der Waals surface area contributed by atoms with Gasteiger partial charge in [0.15, 0.2) is 0 Å². The number of rotatable bonds is 4. The molecule has 1 aromatic carbocycles. The first kappa shape index (κ1) is 14.6. The Morgan fingerprint density at radius 2 is 1.80 bits per heavy atom. The molecule has 1 heterocycles. The van der Waals surface area contributed by atoms with E-state index in [1.54, 1.807) is 4.68 Å². The van der Waals surface area contributed by atoms with E-state index in [-0.39, 0.29) is 5.56 Å². The molecule has 108 valence electrons. The first-order chi connectivity index (χ1) is 9.41. The Balaban J connectivity index is 2.62. The van der Waals surface area contributed by atoms with E-state index in [0.29, 0.717) is 11.8 Å². The van der Waals surface area contributed by atoms with Gasteiger partial charge in [-0.15, -0.1) is 0 Å². The molecule has 0 bridgehead atoms. The van der Waals surface area contributed by atoms with Gasteiger partial charge in [0.1, 0.15) is 0 Å². The average molecular weight is 272 g/mol. The van der Waals surface area contributed by atoms with Crippen LogP contribution in [0.25, 0.3) is 5.69 Å². The molecule has 1 N–H and O–H groups in total. The lowest BCUT2D eigenvalue weighted by molar-refractivity contribution is 0.635. The summed E-state index contributed by atoms with van der Waals surface area (Å²) in [6, 6.07) is 7.97. The number of hydrogen-bond acceptors (Lipinski definition) is 1. The number of aryl methyl sites for hydroxylation is 1. The summed E-state index contributed by atoms with van der Waals surface area (Å²) >= 11 is 0. The normalized spacial score (nSPS) is 11.6. The van der Waals surface area contributed by atoms with Gasteiger partial charge >= 0.3 is 0 Å². The highest BCUT2D eigenvalue weighted by Crippen LogP contribution is 2.20. The third-order valence-electron chi connectivity index (χ3n) is 3.56. The quantitative estimate of drug-likeness (QED) is 0.903. The summed E-state index contributed by atoms with van der Waals surface area (Å²) in [4.78, 5) is 12.7. The largest absolute Gasteiger partial charge is 0.294 e. The van der Waals surface area contributed by atoms with Crippen LogP contribution in [0.4, 0.5) is 0 Å². The van der Waals surface area contributed by atoms with Gasteiger partial charge in [-0.2, -0.15) is 0 Å².